The number of nitrogens with one attached hydrogen (secondary N) is 1. The molecular formula is C18H21FN4O. The van der Waals surface area contributed by atoms with Crippen molar-refractivity contribution in [3.63, 3.8) is 0 Å². The van der Waals surface area contributed by atoms with Crippen LogP contribution in [0.25, 0.3) is 0 Å². The summed E-state index contributed by atoms with van der Waals surface area (Å²) in [5, 5.41) is 11.0. The highest BCUT2D eigenvalue weighted by atomic mass is 19.1. The maximum atomic E-state index is 12.9. The Hall–Kier alpha value is -2.50. The van der Waals surface area contributed by atoms with Crippen LogP contribution < -0.4 is 10.2 Å². The molecule has 0 radical (unpaired) electrons. The molecule has 1 N–H and O–H groups in total. The number of anilines is 1. The van der Waals surface area contributed by atoms with Crippen LogP contribution in [-0.4, -0.2) is 29.2 Å². The molecule has 6 heteroatoms. The average molecular weight is 328 g/mol. The summed E-state index contributed by atoms with van der Waals surface area (Å²) in [6, 6.07) is 9.58. The van der Waals surface area contributed by atoms with Crippen LogP contribution in [0.5, 0.6) is 0 Å². The fourth-order valence-corrected chi connectivity index (χ4v) is 2.79. The number of benzene rings is 1. The first-order valence-electron chi connectivity index (χ1n) is 8.34. The van der Waals surface area contributed by atoms with Crippen LogP contribution in [0.15, 0.2) is 36.4 Å². The van der Waals surface area contributed by atoms with E-state index >= 15 is 0 Å². The predicted octanol–water partition coefficient (Wildman–Crippen LogP) is 2.93. The predicted molar refractivity (Wildman–Crippen MR) is 90.3 cm³/mol. The van der Waals surface area contributed by atoms with Crippen molar-refractivity contribution in [2.75, 3.05) is 18.0 Å². The monoisotopic (exact) mass is 328 g/mol. The SMILES string of the molecule is O=C(NCc1ccc(F)cc1)c1ccc(N2CCCCCC2)nn1. The second kappa shape index (κ2) is 7.86. The molecule has 1 amide bonds. The molecule has 0 spiro atoms. The Labute approximate surface area is 140 Å². The van der Waals surface area contributed by atoms with Crippen LogP contribution in [0, 0.1) is 5.82 Å². The van der Waals surface area contributed by atoms with Crippen molar-refractivity contribution in [2.24, 2.45) is 0 Å². The van der Waals surface area contributed by atoms with Crippen molar-refractivity contribution < 1.29 is 9.18 Å². The number of hydrogen-bond donors (Lipinski definition) is 1. The average Bonchev–Trinajstić information content (AvgIpc) is 2.90. The Bertz CT molecular complexity index is 664. The Morgan fingerprint density at radius 3 is 2.33 bits per heavy atom. The van der Waals surface area contributed by atoms with Crippen LogP contribution in [0.4, 0.5) is 10.2 Å². The highest BCUT2D eigenvalue weighted by Crippen LogP contribution is 2.16. The first-order chi connectivity index (χ1) is 11.7. The Balaban J connectivity index is 1.58. The molecule has 1 aromatic heterocycles. The third-order valence-electron chi connectivity index (χ3n) is 4.18. The molecule has 0 aliphatic carbocycles. The van der Waals surface area contributed by atoms with E-state index in [1.54, 1.807) is 18.2 Å². The molecule has 24 heavy (non-hydrogen) atoms. The van der Waals surface area contributed by atoms with Gasteiger partial charge in [-0.05, 0) is 42.7 Å². The lowest BCUT2D eigenvalue weighted by Gasteiger charge is -2.20. The quantitative estimate of drug-likeness (QED) is 0.937. The van der Waals surface area contributed by atoms with Gasteiger partial charge in [-0.2, -0.15) is 0 Å². The number of rotatable bonds is 4. The summed E-state index contributed by atoms with van der Waals surface area (Å²) >= 11 is 0. The summed E-state index contributed by atoms with van der Waals surface area (Å²) in [6.45, 7) is 2.31. The van der Waals surface area contributed by atoms with Gasteiger partial charge in [0.1, 0.15) is 5.82 Å². The lowest BCUT2D eigenvalue weighted by Crippen LogP contribution is -2.27. The molecule has 1 aromatic carbocycles. The summed E-state index contributed by atoms with van der Waals surface area (Å²) in [4.78, 5) is 14.3. The lowest BCUT2D eigenvalue weighted by atomic mass is 10.2. The van der Waals surface area contributed by atoms with E-state index in [1.807, 2.05) is 6.07 Å². The summed E-state index contributed by atoms with van der Waals surface area (Å²) in [5.41, 5.74) is 1.12. The van der Waals surface area contributed by atoms with Crippen LogP contribution in [0.2, 0.25) is 0 Å². The molecule has 0 atom stereocenters. The first kappa shape index (κ1) is 16.4. The van der Waals surface area contributed by atoms with Crippen LogP contribution in [0.3, 0.4) is 0 Å². The van der Waals surface area contributed by atoms with Gasteiger partial charge in [0.15, 0.2) is 11.5 Å². The molecular weight excluding hydrogens is 307 g/mol. The van der Waals surface area contributed by atoms with E-state index in [1.165, 1.54) is 37.8 Å². The van der Waals surface area contributed by atoms with E-state index in [4.69, 9.17) is 0 Å². The maximum Gasteiger partial charge on any atom is 0.272 e. The molecule has 0 bridgehead atoms. The first-order valence-corrected chi connectivity index (χ1v) is 8.34. The summed E-state index contributed by atoms with van der Waals surface area (Å²) < 4.78 is 12.9. The molecule has 126 valence electrons. The van der Waals surface area contributed by atoms with Crippen molar-refractivity contribution in [3.05, 3.63) is 53.5 Å². The molecule has 2 heterocycles. The minimum absolute atomic E-state index is 0.283. The smallest absolute Gasteiger partial charge is 0.272 e. The van der Waals surface area contributed by atoms with Gasteiger partial charge in [0.05, 0.1) is 0 Å². The van der Waals surface area contributed by atoms with Crippen LogP contribution in [-0.2, 0) is 6.54 Å². The topological polar surface area (TPSA) is 58.1 Å². The Kier molecular flexibility index (Phi) is 5.36. The number of carbonyl (C=O) groups is 1. The second-order valence-electron chi connectivity index (χ2n) is 5.99. The van der Waals surface area contributed by atoms with Gasteiger partial charge in [-0.1, -0.05) is 25.0 Å². The Morgan fingerprint density at radius 2 is 1.71 bits per heavy atom. The van der Waals surface area contributed by atoms with E-state index in [0.717, 1.165) is 24.5 Å². The maximum absolute atomic E-state index is 12.9. The van der Waals surface area contributed by atoms with Gasteiger partial charge >= 0.3 is 0 Å². The standard InChI is InChI=1S/C18H21FN4O/c19-15-7-5-14(6-8-15)13-20-18(24)16-9-10-17(22-21-16)23-11-3-1-2-4-12-23/h5-10H,1-4,11-13H2,(H,20,24). The van der Waals surface area contributed by atoms with Crippen molar-refractivity contribution in [1.82, 2.24) is 15.5 Å². The van der Waals surface area contributed by atoms with Gasteiger partial charge in [0.25, 0.3) is 5.91 Å². The summed E-state index contributed by atoms with van der Waals surface area (Å²) in [7, 11) is 0. The summed E-state index contributed by atoms with van der Waals surface area (Å²) in [6.07, 6.45) is 4.85. The van der Waals surface area contributed by atoms with Gasteiger partial charge in [-0.3, -0.25) is 4.79 Å². The number of amides is 1. The second-order valence-corrected chi connectivity index (χ2v) is 5.99. The molecule has 1 fully saturated rings. The lowest BCUT2D eigenvalue weighted by molar-refractivity contribution is 0.0945. The largest absolute Gasteiger partial charge is 0.355 e. The molecule has 1 aliphatic rings. The van der Waals surface area contributed by atoms with E-state index in [0.29, 0.717) is 6.54 Å². The number of carbonyl (C=O) groups excluding carboxylic acids is 1. The Morgan fingerprint density at radius 1 is 1.00 bits per heavy atom. The molecule has 1 saturated heterocycles. The number of halogens is 1. The van der Waals surface area contributed by atoms with E-state index in [2.05, 4.69) is 20.4 Å². The number of aromatic nitrogens is 2. The van der Waals surface area contributed by atoms with Gasteiger partial charge in [-0.25, -0.2) is 4.39 Å². The third kappa shape index (κ3) is 4.28. The zero-order valence-electron chi connectivity index (χ0n) is 13.5. The fourth-order valence-electron chi connectivity index (χ4n) is 2.79. The van der Waals surface area contributed by atoms with Gasteiger partial charge in [-0.15, -0.1) is 10.2 Å². The third-order valence-corrected chi connectivity index (χ3v) is 4.18. The van der Waals surface area contributed by atoms with Crippen LogP contribution in [0.1, 0.15) is 41.7 Å². The molecule has 3 rings (SSSR count). The molecule has 2 aromatic rings. The molecule has 0 saturated carbocycles. The number of nitrogens with zero attached hydrogens (tertiary/aromatic N) is 3. The molecule has 5 nitrogen and oxygen atoms in total. The molecule has 1 aliphatic heterocycles. The fraction of sp³-hybridized carbons (Fsp3) is 0.389. The van der Waals surface area contributed by atoms with E-state index in [-0.39, 0.29) is 17.4 Å². The van der Waals surface area contributed by atoms with Gasteiger partial charge in [0.2, 0.25) is 0 Å². The van der Waals surface area contributed by atoms with E-state index < -0.39 is 0 Å². The van der Waals surface area contributed by atoms with Gasteiger partial charge in [0, 0.05) is 19.6 Å². The van der Waals surface area contributed by atoms with Crippen molar-refractivity contribution in [3.8, 4) is 0 Å². The number of hydrogen-bond acceptors (Lipinski definition) is 4. The minimum Gasteiger partial charge on any atom is -0.355 e. The zero-order chi connectivity index (χ0) is 16.8. The van der Waals surface area contributed by atoms with Crippen molar-refractivity contribution in [2.45, 2.75) is 32.2 Å². The highest BCUT2D eigenvalue weighted by molar-refractivity contribution is 5.92. The highest BCUT2D eigenvalue weighted by Gasteiger charge is 2.13. The normalized spacial score (nSPS) is 15.0. The van der Waals surface area contributed by atoms with Gasteiger partial charge < -0.3 is 10.2 Å². The summed E-state index contributed by atoms with van der Waals surface area (Å²) in [5.74, 6) is 0.251. The molecule has 0 unspecified atom stereocenters. The minimum atomic E-state index is -0.292. The van der Waals surface area contributed by atoms with Crippen molar-refractivity contribution >= 4 is 11.7 Å². The van der Waals surface area contributed by atoms with Crippen LogP contribution >= 0.6 is 0 Å². The van der Waals surface area contributed by atoms with Crippen molar-refractivity contribution in [1.29, 1.82) is 0 Å². The zero-order valence-corrected chi connectivity index (χ0v) is 13.5. The van der Waals surface area contributed by atoms with E-state index in [9.17, 15) is 9.18 Å².